The SMILES string of the molecule is COc1ccc(CNC(=O)c2cc(-c3ccccc3)c(N3CCOCC3)s2)cn1. The van der Waals surface area contributed by atoms with Crippen molar-refractivity contribution in [2.75, 3.05) is 38.3 Å². The number of hydrogen-bond donors (Lipinski definition) is 1. The highest BCUT2D eigenvalue weighted by atomic mass is 32.1. The second-order valence-corrected chi connectivity index (χ2v) is 7.72. The van der Waals surface area contributed by atoms with Crippen LogP contribution in [0.4, 0.5) is 5.00 Å². The highest BCUT2D eigenvalue weighted by molar-refractivity contribution is 7.18. The largest absolute Gasteiger partial charge is 0.481 e. The number of pyridine rings is 1. The van der Waals surface area contributed by atoms with Gasteiger partial charge in [0, 0.05) is 37.5 Å². The second kappa shape index (κ2) is 9.07. The Morgan fingerprint density at radius 3 is 2.69 bits per heavy atom. The number of rotatable bonds is 6. The topological polar surface area (TPSA) is 63.7 Å². The quantitative estimate of drug-likeness (QED) is 0.674. The van der Waals surface area contributed by atoms with Crippen molar-refractivity contribution in [1.29, 1.82) is 0 Å². The number of carbonyl (C=O) groups excluding carboxylic acids is 1. The molecule has 0 aliphatic carbocycles. The van der Waals surface area contributed by atoms with E-state index in [9.17, 15) is 4.79 Å². The number of nitrogens with zero attached hydrogens (tertiary/aromatic N) is 2. The first kappa shape index (κ1) is 19.4. The van der Waals surface area contributed by atoms with Crippen LogP contribution in [0.3, 0.4) is 0 Å². The fraction of sp³-hybridized carbons (Fsp3) is 0.273. The van der Waals surface area contributed by atoms with Crippen LogP contribution in [0.5, 0.6) is 5.88 Å². The monoisotopic (exact) mass is 409 g/mol. The zero-order valence-electron chi connectivity index (χ0n) is 16.3. The smallest absolute Gasteiger partial charge is 0.261 e. The van der Waals surface area contributed by atoms with Crippen molar-refractivity contribution in [2.45, 2.75) is 6.54 Å². The minimum atomic E-state index is -0.0810. The van der Waals surface area contributed by atoms with Gasteiger partial charge in [0.15, 0.2) is 0 Å². The Kier molecular flexibility index (Phi) is 6.07. The number of benzene rings is 1. The van der Waals surface area contributed by atoms with E-state index < -0.39 is 0 Å². The molecule has 2 aromatic heterocycles. The molecule has 1 fully saturated rings. The minimum absolute atomic E-state index is 0.0810. The van der Waals surface area contributed by atoms with Crippen molar-refractivity contribution < 1.29 is 14.3 Å². The summed E-state index contributed by atoms with van der Waals surface area (Å²) in [5.74, 6) is 0.475. The first-order valence-electron chi connectivity index (χ1n) is 9.53. The van der Waals surface area contributed by atoms with E-state index in [-0.39, 0.29) is 5.91 Å². The van der Waals surface area contributed by atoms with Gasteiger partial charge in [-0.2, -0.15) is 0 Å². The molecule has 3 aromatic rings. The molecule has 6 nitrogen and oxygen atoms in total. The third-order valence-electron chi connectivity index (χ3n) is 4.78. The summed E-state index contributed by atoms with van der Waals surface area (Å²) in [4.78, 5) is 20.0. The fourth-order valence-electron chi connectivity index (χ4n) is 3.22. The molecule has 0 unspecified atom stereocenters. The maximum absolute atomic E-state index is 12.8. The van der Waals surface area contributed by atoms with Crippen molar-refractivity contribution >= 4 is 22.2 Å². The van der Waals surface area contributed by atoms with Gasteiger partial charge in [-0.1, -0.05) is 36.4 Å². The molecule has 0 radical (unpaired) electrons. The molecule has 0 bridgehead atoms. The summed E-state index contributed by atoms with van der Waals surface area (Å²) in [6.07, 6.45) is 1.71. The highest BCUT2D eigenvalue weighted by Gasteiger charge is 2.21. The Morgan fingerprint density at radius 1 is 1.21 bits per heavy atom. The Labute approximate surface area is 174 Å². The van der Waals surface area contributed by atoms with Gasteiger partial charge in [0.25, 0.3) is 5.91 Å². The summed E-state index contributed by atoms with van der Waals surface area (Å²) in [5.41, 5.74) is 3.13. The fourth-order valence-corrected chi connectivity index (χ4v) is 4.37. The van der Waals surface area contributed by atoms with Crippen LogP contribution in [0, 0.1) is 0 Å². The van der Waals surface area contributed by atoms with Crippen LogP contribution in [0.1, 0.15) is 15.2 Å². The van der Waals surface area contributed by atoms with Gasteiger partial charge in [-0.15, -0.1) is 11.3 Å². The molecular weight excluding hydrogens is 386 g/mol. The van der Waals surface area contributed by atoms with E-state index in [1.54, 1.807) is 19.4 Å². The number of ether oxygens (including phenoxy) is 2. The van der Waals surface area contributed by atoms with Crippen molar-refractivity contribution in [1.82, 2.24) is 10.3 Å². The maximum atomic E-state index is 12.8. The Morgan fingerprint density at radius 2 is 2.00 bits per heavy atom. The van der Waals surface area contributed by atoms with Crippen molar-refractivity contribution in [3.05, 3.63) is 65.2 Å². The zero-order valence-corrected chi connectivity index (χ0v) is 17.1. The molecule has 1 saturated heterocycles. The van der Waals surface area contributed by atoms with Crippen LogP contribution in [0.15, 0.2) is 54.7 Å². The maximum Gasteiger partial charge on any atom is 0.261 e. The lowest BCUT2D eigenvalue weighted by Crippen LogP contribution is -2.35. The van der Waals surface area contributed by atoms with Gasteiger partial charge in [-0.05, 0) is 17.2 Å². The summed E-state index contributed by atoms with van der Waals surface area (Å²) in [5, 5.41) is 4.12. The first-order valence-corrected chi connectivity index (χ1v) is 10.4. The van der Waals surface area contributed by atoms with E-state index >= 15 is 0 Å². The van der Waals surface area contributed by atoms with Crippen LogP contribution in [0.2, 0.25) is 0 Å². The van der Waals surface area contributed by atoms with Gasteiger partial charge in [0.1, 0.15) is 0 Å². The van der Waals surface area contributed by atoms with E-state index in [0.717, 1.165) is 34.8 Å². The molecule has 29 heavy (non-hydrogen) atoms. The van der Waals surface area contributed by atoms with E-state index in [4.69, 9.17) is 9.47 Å². The minimum Gasteiger partial charge on any atom is -0.481 e. The molecule has 4 rings (SSSR count). The number of nitrogens with one attached hydrogen (secondary N) is 1. The Hall–Kier alpha value is -2.90. The predicted octanol–water partition coefficient (Wildman–Crippen LogP) is 3.59. The average molecular weight is 410 g/mol. The molecule has 1 aliphatic heterocycles. The summed E-state index contributed by atoms with van der Waals surface area (Å²) in [6.45, 7) is 3.50. The van der Waals surface area contributed by atoms with Gasteiger partial charge in [0.05, 0.1) is 30.2 Å². The van der Waals surface area contributed by atoms with E-state index in [1.165, 1.54) is 11.3 Å². The number of amides is 1. The van der Waals surface area contributed by atoms with E-state index in [0.29, 0.717) is 30.5 Å². The van der Waals surface area contributed by atoms with Crippen molar-refractivity contribution in [3.63, 3.8) is 0 Å². The van der Waals surface area contributed by atoms with E-state index in [2.05, 4.69) is 27.3 Å². The molecule has 150 valence electrons. The molecule has 7 heteroatoms. The molecule has 1 amide bonds. The number of morpholine rings is 1. The number of methoxy groups -OCH3 is 1. The normalized spacial score (nSPS) is 13.9. The van der Waals surface area contributed by atoms with Crippen LogP contribution in [0.25, 0.3) is 11.1 Å². The molecule has 0 atom stereocenters. The Bertz CT molecular complexity index is 951. The summed E-state index contributed by atoms with van der Waals surface area (Å²) in [6, 6.07) is 15.9. The van der Waals surface area contributed by atoms with Crippen LogP contribution >= 0.6 is 11.3 Å². The molecular formula is C22H23N3O3S. The third kappa shape index (κ3) is 4.58. The molecule has 0 spiro atoms. The van der Waals surface area contributed by atoms with Gasteiger partial charge >= 0.3 is 0 Å². The summed E-state index contributed by atoms with van der Waals surface area (Å²) in [7, 11) is 1.58. The average Bonchev–Trinajstić information content (AvgIpc) is 3.25. The first-order chi connectivity index (χ1) is 14.2. The highest BCUT2D eigenvalue weighted by Crippen LogP contribution is 2.39. The van der Waals surface area contributed by atoms with Gasteiger partial charge in [0.2, 0.25) is 5.88 Å². The summed E-state index contributed by atoms with van der Waals surface area (Å²) < 4.78 is 10.6. The van der Waals surface area contributed by atoms with Gasteiger partial charge in [-0.3, -0.25) is 4.79 Å². The van der Waals surface area contributed by atoms with Crippen LogP contribution in [-0.2, 0) is 11.3 Å². The molecule has 3 heterocycles. The number of anilines is 1. The number of carbonyl (C=O) groups is 1. The Balaban J connectivity index is 1.54. The van der Waals surface area contributed by atoms with E-state index in [1.807, 2.05) is 30.3 Å². The van der Waals surface area contributed by atoms with Crippen molar-refractivity contribution in [3.8, 4) is 17.0 Å². The zero-order chi connectivity index (χ0) is 20.1. The summed E-state index contributed by atoms with van der Waals surface area (Å²) >= 11 is 1.53. The second-order valence-electron chi connectivity index (χ2n) is 6.69. The standard InChI is InChI=1S/C22H23N3O3S/c1-27-20-8-7-16(14-23-20)15-24-21(26)19-13-18(17-5-3-2-4-6-17)22(29-19)25-9-11-28-12-10-25/h2-8,13-14H,9-12,15H2,1H3,(H,24,26). The molecule has 1 N–H and O–H groups in total. The number of aromatic nitrogens is 1. The number of hydrogen-bond acceptors (Lipinski definition) is 6. The molecule has 0 saturated carbocycles. The van der Waals surface area contributed by atoms with Crippen molar-refractivity contribution in [2.24, 2.45) is 0 Å². The predicted molar refractivity (Wildman–Crippen MR) is 115 cm³/mol. The van der Waals surface area contributed by atoms with Gasteiger partial charge < -0.3 is 19.7 Å². The lowest BCUT2D eigenvalue weighted by molar-refractivity contribution is 0.0955. The molecule has 1 aliphatic rings. The lowest BCUT2D eigenvalue weighted by atomic mass is 10.1. The molecule has 1 aromatic carbocycles. The number of thiophene rings is 1. The van der Waals surface area contributed by atoms with Crippen LogP contribution in [-0.4, -0.2) is 44.3 Å². The van der Waals surface area contributed by atoms with Gasteiger partial charge in [-0.25, -0.2) is 4.98 Å². The third-order valence-corrected chi connectivity index (χ3v) is 5.97. The lowest BCUT2D eigenvalue weighted by Gasteiger charge is -2.28. The van der Waals surface area contributed by atoms with Crippen LogP contribution < -0.4 is 15.0 Å².